The maximum absolute atomic E-state index is 9.54. The van der Waals surface area contributed by atoms with Gasteiger partial charge in [-0.3, -0.25) is 5.32 Å². The number of furan rings is 1. The Morgan fingerprint density at radius 1 is 0.725 bits per heavy atom. The summed E-state index contributed by atoms with van der Waals surface area (Å²) in [4.78, 5) is 0. The maximum Gasteiger partial charge on any atom is 0.143 e. The Morgan fingerprint density at radius 3 is 2.27 bits per heavy atom. The van der Waals surface area contributed by atoms with Gasteiger partial charge in [0.05, 0.1) is 17.8 Å². The number of rotatable bonds is 6. The molecule has 5 nitrogen and oxygen atoms in total. The fraction of sp³-hybridized carbons (Fsp3) is 0.109. The zero-order valence-corrected chi connectivity index (χ0v) is 28.4. The number of para-hydroxylation sites is 1. The SMILES string of the molecule is CC1(C)c2cc(C#N)ccc2-c2ccc(-c3cccc4c3oc3ccc(-c5ccc(C(N)NC6NC=CC=C6c6ccccc6)cc5)cc34)cc21. The Kier molecular flexibility index (Phi) is 7.25. The summed E-state index contributed by atoms with van der Waals surface area (Å²) in [6.07, 6.45) is 5.61. The molecule has 0 saturated carbocycles. The van der Waals surface area contributed by atoms with E-state index >= 15 is 0 Å². The van der Waals surface area contributed by atoms with E-state index in [1.807, 2.05) is 30.5 Å². The molecule has 0 radical (unpaired) electrons. The minimum atomic E-state index is -0.358. The van der Waals surface area contributed by atoms with E-state index < -0.39 is 0 Å². The summed E-state index contributed by atoms with van der Waals surface area (Å²) in [5, 5.41) is 18.7. The summed E-state index contributed by atoms with van der Waals surface area (Å²) in [5.74, 6) is 0. The van der Waals surface area contributed by atoms with E-state index in [1.54, 1.807) is 0 Å². The molecule has 246 valence electrons. The second-order valence-corrected chi connectivity index (χ2v) is 14.0. The van der Waals surface area contributed by atoms with Crippen molar-refractivity contribution >= 4 is 27.5 Å². The van der Waals surface area contributed by atoms with E-state index in [-0.39, 0.29) is 17.7 Å². The van der Waals surface area contributed by atoms with Crippen molar-refractivity contribution in [2.24, 2.45) is 5.73 Å². The van der Waals surface area contributed by atoms with E-state index in [2.05, 4.69) is 146 Å². The normalized spacial score (nSPS) is 16.3. The molecule has 51 heavy (non-hydrogen) atoms. The third kappa shape index (κ3) is 5.16. The highest BCUT2D eigenvalue weighted by molar-refractivity contribution is 6.10. The van der Waals surface area contributed by atoms with Gasteiger partial charge in [-0.25, -0.2) is 0 Å². The van der Waals surface area contributed by atoms with Crippen molar-refractivity contribution in [2.45, 2.75) is 31.6 Å². The van der Waals surface area contributed by atoms with Crippen LogP contribution in [-0.4, -0.2) is 6.17 Å². The zero-order chi connectivity index (χ0) is 34.7. The number of nitrogens with one attached hydrogen (secondary N) is 2. The van der Waals surface area contributed by atoms with Crippen LogP contribution >= 0.6 is 0 Å². The molecule has 7 aromatic rings. The van der Waals surface area contributed by atoms with Crippen molar-refractivity contribution in [3.05, 3.63) is 174 Å². The van der Waals surface area contributed by atoms with Crippen LogP contribution in [0.2, 0.25) is 0 Å². The highest BCUT2D eigenvalue weighted by Gasteiger charge is 2.36. The van der Waals surface area contributed by atoms with Crippen molar-refractivity contribution < 1.29 is 4.42 Å². The quantitative estimate of drug-likeness (QED) is 0.155. The number of fused-ring (bicyclic) bond motifs is 6. The predicted octanol–water partition coefficient (Wildman–Crippen LogP) is 10.2. The lowest BCUT2D eigenvalue weighted by molar-refractivity contribution is 0.474. The van der Waals surface area contributed by atoms with Crippen LogP contribution in [-0.2, 0) is 5.41 Å². The van der Waals surface area contributed by atoms with Crippen molar-refractivity contribution in [1.29, 1.82) is 5.26 Å². The lowest BCUT2D eigenvalue weighted by atomic mass is 9.81. The number of dihydropyridines is 1. The Balaban J connectivity index is 1.00. The number of benzene rings is 6. The fourth-order valence-electron chi connectivity index (χ4n) is 7.86. The molecule has 2 aliphatic rings. The van der Waals surface area contributed by atoms with Gasteiger partial charge >= 0.3 is 0 Å². The summed E-state index contributed by atoms with van der Waals surface area (Å²) in [6, 6.07) is 46.7. The second-order valence-electron chi connectivity index (χ2n) is 14.0. The van der Waals surface area contributed by atoms with Gasteiger partial charge in [-0.2, -0.15) is 5.26 Å². The number of nitrogens with two attached hydrogens (primary N) is 1. The van der Waals surface area contributed by atoms with Crippen molar-refractivity contribution in [1.82, 2.24) is 10.6 Å². The van der Waals surface area contributed by atoms with Crippen LogP contribution in [0, 0.1) is 11.3 Å². The Morgan fingerprint density at radius 2 is 1.47 bits per heavy atom. The van der Waals surface area contributed by atoms with E-state index in [9.17, 15) is 5.26 Å². The molecule has 4 N–H and O–H groups in total. The molecular weight excluding hydrogens is 625 g/mol. The zero-order valence-electron chi connectivity index (χ0n) is 28.4. The average Bonchev–Trinajstić information content (AvgIpc) is 3.66. The monoisotopic (exact) mass is 660 g/mol. The first-order valence-electron chi connectivity index (χ1n) is 17.3. The van der Waals surface area contributed by atoms with Gasteiger partial charge in [0.25, 0.3) is 0 Å². The van der Waals surface area contributed by atoms with Crippen LogP contribution < -0.4 is 16.4 Å². The lowest BCUT2D eigenvalue weighted by Gasteiger charge is -2.28. The molecule has 2 atom stereocenters. The number of hydrogen-bond donors (Lipinski definition) is 3. The molecule has 0 saturated heterocycles. The third-order valence-corrected chi connectivity index (χ3v) is 10.6. The summed E-state index contributed by atoms with van der Waals surface area (Å²) < 4.78 is 6.58. The summed E-state index contributed by atoms with van der Waals surface area (Å²) in [7, 11) is 0. The summed E-state index contributed by atoms with van der Waals surface area (Å²) in [5.41, 5.74) is 21.5. The topological polar surface area (TPSA) is 87.0 Å². The van der Waals surface area contributed by atoms with Crippen LogP contribution in [0.4, 0.5) is 0 Å². The molecule has 2 heterocycles. The van der Waals surface area contributed by atoms with Crippen LogP contribution in [0.15, 0.2) is 150 Å². The highest BCUT2D eigenvalue weighted by atomic mass is 16.3. The van der Waals surface area contributed by atoms with Gasteiger partial charge in [0.15, 0.2) is 0 Å². The molecule has 0 spiro atoms. The maximum atomic E-state index is 9.54. The molecule has 0 fully saturated rings. The smallest absolute Gasteiger partial charge is 0.143 e. The van der Waals surface area contributed by atoms with Crippen LogP contribution in [0.1, 0.15) is 47.8 Å². The van der Waals surface area contributed by atoms with E-state index in [0.717, 1.165) is 60.9 Å². The molecular formula is C46H36N4O. The first-order valence-corrected chi connectivity index (χ1v) is 17.3. The molecule has 2 unspecified atom stereocenters. The molecule has 9 rings (SSSR count). The van der Waals surface area contributed by atoms with Gasteiger partial charge in [0.2, 0.25) is 0 Å². The average molecular weight is 661 g/mol. The van der Waals surface area contributed by atoms with Gasteiger partial charge in [-0.15, -0.1) is 0 Å². The first kappa shape index (κ1) is 30.8. The van der Waals surface area contributed by atoms with Crippen molar-refractivity contribution in [3.8, 4) is 39.4 Å². The summed E-state index contributed by atoms with van der Waals surface area (Å²) >= 11 is 0. The lowest BCUT2D eigenvalue weighted by Crippen LogP contribution is -2.46. The van der Waals surface area contributed by atoms with Crippen LogP contribution in [0.5, 0.6) is 0 Å². The molecule has 6 aromatic carbocycles. The number of nitriles is 1. The Bertz CT molecular complexity index is 2590. The molecule has 1 aliphatic carbocycles. The number of nitrogens with zero attached hydrogens (tertiary/aromatic N) is 1. The van der Waals surface area contributed by atoms with E-state index in [0.29, 0.717) is 5.56 Å². The standard InChI is InChI=1S/C46H36N4O/c1-46(2)40-24-28(27-47)13-20-36(40)37-21-18-33(26-41(37)46)34-10-6-11-38-39-25-32(19-22-42(39)51-43(34)38)29-14-16-31(17-15-29)44(48)50-45-35(12-7-23-49-45)30-8-4-3-5-9-30/h3-26,44-45,49-50H,48H2,1-2H3. The van der Waals surface area contributed by atoms with Gasteiger partial charge in [-0.1, -0.05) is 117 Å². The predicted molar refractivity (Wildman–Crippen MR) is 207 cm³/mol. The minimum Gasteiger partial charge on any atom is -0.455 e. The Labute approximate surface area is 297 Å². The Hall–Kier alpha value is -6.19. The molecule has 0 amide bonds. The minimum absolute atomic E-state index is 0.106. The summed E-state index contributed by atoms with van der Waals surface area (Å²) in [6.45, 7) is 4.49. The van der Waals surface area contributed by atoms with Gasteiger partial charge in [0.1, 0.15) is 17.3 Å². The van der Waals surface area contributed by atoms with Crippen molar-refractivity contribution in [2.75, 3.05) is 0 Å². The van der Waals surface area contributed by atoms with Gasteiger partial charge in [0, 0.05) is 21.8 Å². The van der Waals surface area contributed by atoms with E-state index in [1.165, 1.54) is 22.3 Å². The molecule has 0 bridgehead atoms. The van der Waals surface area contributed by atoms with Gasteiger partial charge < -0.3 is 15.5 Å². The number of allylic oxidation sites excluding steroid dienone is 2. The van der Waals surface area contributed by atoms with Crippen molar-refractivity contribution in [3.63, 3.8) is 0 Å². The number of hydrogen-bond acceptors (Lipinski definition) is 5. The molecule has 1 aromatic heterocycles. The third-order valence-electron chi connectivity index (χ3n) is 10.6. The van der Waals surface area contributed by atoms with Gasteiger partial charge in [-0.05, 0) is 98.3 Å². The van der Waals surface area contributed by atoms with Crippen LogP contribution in [0.25, 0.3) is 60.9 Å². The molecule has 1 aliphatic heterocycles. The van der Waals surface area contributed by atoms with Crippen LogP contribution in [0.3, 0.4) is 0 Å². The second kappa shape index (κ2) is 12.0. The fourth-order valence-corrected chi connectivity index (χ4v) is 7.86. The first-order chi connectivity index (χ1) is 24.9. The molecule has 5 heteroatoms. The largest absolute Gasteiger partial charge is 0.455 e. The van der Waals surface area contributed by atoms with E-state index in [4.69, 9.17) is 10.2 Å². The highest BCUT2D eigenvalue weighted by Crippen LogP contribution is 2.50.